The molecule has 2 aromatic rings. The number of hydrogen-bond acceptors (Lipinski definition) is 2. The summed E-state index contributed by atoms with van der Waals surface area (Å²) in [6.45, 7) is 4.39. The van der Waals surface area contributed by atoms with Gasteiger partial charge in [0, 0.05) is 17.2 Å². The van der Waals surface area contributed by atoms with Gasteiger partial charge in [-0.2, -0.15) is 5.10 Å². The highest BCUT2D eigenvalue weighted by Crippen LogP contribution is 2.34. The smallest absolute Gasteiger partial charge is 0.153 e. The minimum absolute atomic E-state index is 0.495. The number of benzene rings is 1. The van der Waals surface area contributed by atoms with Crippen molar-refractivity contribution in [1.29, 1.82) is 0 Å². The molecule has 0 saturated heterocycles. The molecule has 0 aliphatic heterocycles. The summed E-state index contributed by atoms with van der Waals surface area (Å²) in [6, 6.07) is 10.2. The van der Waals surface area contributed by atoms with Crippen molar-refractivity contribution in [2.45, 2.75) is 32.6 Å². The first-order valence-corrected chi connectivity index (χ1v) is 6.17. The van der Waals surface area contributed by atoms with E-state index in [4.69, 9.17) is 5.73 Å². The Morgan fingerprint density at radius 3 is 2.41 bits per heavy atom. The van der Waals surface area contributed by atoms with Crippen LogP contribution in [0.3, 0.4) is 0 Å². The quantitative estimate of drug-likeness (QED) is 0.842. The fourth-order valence-corrected chi connectivity index (χ4v) is 2.27. The van der Waals surface area contributed by atoms with Crippen LogP contribution in [0.1, 0.15) is 38.3 Å². The summed E-state index contributed by atoms with van der Waals surface area (Å²) in [6.07, 6.45) is 2.19. The maximum Gasteiger partial charge on any atom is 0.153 e. The van der Waals surface area contributed by atoms with Crippen molar-refractivity contribution in [2.75, 3.05) is 5.73 Å². The zero-order chi connectivity index (χ0) is 12.3. The summed E-state index contributed by atoms with van der Waals surface area (Å²) in [4.78, 5) is 0. The van der Waals surface area contributed by atoms with Crippen LogP contribution in [-0.2, 0) is 0 Å². The molecule has 0 unspecified atom stereocenters. The van der Waals surface area contributed by atoms with Gasteiger partial charge in [0.25, 0.3) is 0 Å². The molecule has 3 N–H and O–H groups in total. The molecule has 0 radical (unpaired) electrons. The molecule has 0 amide bonds. The topological polar surface area (TPSA) is 54.7 Å². The van der Waals surface area contributed by atoms with Crippen molar-refractivity contribution in [3.8, 4) is 11.1 Å². The van der Waals surface area contributed by atoms with Crippen molar-refractivity contribution >= 4 is 5.82 Å². The molecule has 1 heterocycles. The number of hydrogen-bond donors (Lipinski definition) is 2. The van der Waals surface area contributed by atoms with E-state index in [9.17, 15) is 0 Å². The standard InChI is InChI=1S/C14H19N3/c1-3-10(4-2)13-12(14(15)17-16-13)11-8-6-5-7-9-11/h5-10H,3-4H2,1-2H3,(H3,15,16,17). The molecule has 0 aliphatic carbocycles. The van der Waals surface area contributed by atoms with Crippen LogP contribution in [0.4, 0.5) is 5.82 Å². The van der Waals surface area contributed by atoms with Gasteiger partial charge in [-0.25, -0.2) is 0 Å². The molecule has 0 saturated carbocycles. The first-order chi connectivity index (χ1) is 8.27. The second-order valence-corrected chi connectivity index (χ2v) is 4.28. The van der Waals surface area contributed by atoms with Gasteiger partial charge < -0.3 is 5.73 Å². The number of nitrogens with zero attached hydrogens (tertiary/aromatic N) is 1. The maximum absolute atomic E-state index is 5.98. The fraction of sp³-hybridized carbons (Fsp3) is 0.357. The van der Waals surface area contributed by atoms with E-state index in [0.29, 0.717) is 11.7 Å². The Bertz CT molecular complexity index is 469. The van der Waals surface area contributed by atoms with E-state index in [0.717, 1.165) is 24.0 Å². The van der Waals surface area contributed by atoms with E-state index in [1.807, 2.05) is 18.2 Å². The molecule has 2 rings (SSSR count). The van der Waals surface area contributed by atoms with Gasteiger partial charge in [0.15, 0.2) is 5.82 Å². The van der Waals surface area contributed by atoms with E-state index in [1.54, 1.807) is 0 Å². The minimum Gasteiger partial charge on any atom is -0.382 e. The third-order valence-electron chi connectivity index (χ3n) is 3.28. The number of rotatable bonds is 4. The van der Waals surface area contributed by atoms with Crippen LogP contribution in [-0.4, -0.2) is 10.2 Å². The van der Waals surface area contributed by atoms with Gasteiger partial charge in [-0.15, -0.1) is 0 Å². The highest BCUT2D eigenvalue weighted by atomic mass is 15.2. The Kier molecular flexibility index (Phi) is 3.47. The molecular weight excluding hydrogens is 210 g/mol. The van der Waals surface area contributed by atoms with Crippen molar-refractivity contribution < 1.29 is 0 Å². The molecule has 0 bridgehead atoms. The zero-order valence-corrected chi connectivity index (χ0v) is 10.4. The van der Waals surface area contributed by atoms with Crippen molar-refractivity contribution in [3.63, 3.8) is 0 Å². The molecular formula is C14H19N3. The van der Waals surface area contributed by atoms with Crippen LogP contribution in [0, 0.1) is 0 Å². The van der Waals surface area contributed by atoms with Crippen molar-refractivity contribution in [2.24, 2.45) is 0 Å². The van der Waals surface area contributed by atoms with Gasteiger partial charge in [0.1, 0.15) is 0 Å². The first kappa shape index (κ1) is 11.7. The molecule has 0 spiro atoms. The number of nitrogens with one attached hydrogen (secondary N) is 1. The Hall–Kier alpha value is -1.77. The van der Waals surface area contributed by atoms with Gasteiger partial charge in [0.2, 0.25) is 0 Å². The van der Waals surface area contributed by atoms with E-state index >= 15 is 0 Å². The average Bonchev–Trinajstić information content (AvgIpc) is 2.74. The molecule has 1 aromatic heterocycles. The summed E-state index contributed by atoms with van der Waals surface area (Å²) in [5, 5.41) is 7.26. The van der Waals surface area contributed by atoms with Gasteiger partial charge in [-0.3, -0.25) is 5.10 Å². The van der Waals surface area contributed by atoms with Crippen LogP contribution in [0.2, 0.25) is 0 Å². The van der Waals surface area contributed by atoms with Crippen LogP contribution < -0.4 is 5.73 Å². The van der Waals surface area contributed by atoms with Gasteiger partial charge in [-0.05, 0) is 18.4 Å². The number of aromatic nitrogens is 2. The van der Waals surface area contributed by atoms with E-state index in [2.05, 4.69) is 36.2 Å². The number of aromatic amines is 1. The zero-order valence-electron chi connectivity index (χ0n) is 10.4. The summed E-state index contributed by atoms with van der Waals surface area (Å²) in [5.41, 5.74) is 9.35. The third kappa shape index (κ3) is 2.18. The predicted octanol–water partition coefficient (Wildman–Crippen LogP) is 3.56. The molecule has 3 heteroatoms. The lowest BCUT2D eigenvalue weighted by atomic mass is 9.93. The second-order valence-electron chi connectivity index (χ2n) is 4.28. The van der Waals surface area contributed by atoms with Crippen LogP contribution in [0.5, 0.6) is 0 Å². The normalized spacial score (nSPS) is 11.0. The fourth-order valence-electron chi connectivity index (χ4n) is 2.27. The maximum atomic E-state index is 5.98. The largest absolute Gasteiger partial charge is 0.382 e. The van der Waals surface area contributed by atoms with Gasteiger partial charge in [-0.1, -0.05) is 44.2 Å². The Balaban J connectivity index is 2.50. The summed E-state index contributed by atoms with van der Waals surface area (Å²) in [7, 11) is 0. The number of nitrogens with two attached hydrogens (primary N) is 1. The first-order valence-electron chi connectivity index (χ1n) is 6.17. The van der Waals surface area contributed by atoms with E-state index in [1.165, 1.54) is 5.69 Å². The summed E-state index contributed by atoms with van der Waals surface area (Å²) in [5.74, 6) is 1.09. The van der Waals surface area contributed by atoms with Gasteiger partial charge >= 0.3 is 0 Å². The minimum atomic E-state index is 0.495. The molecule has 1 aromatic carbocycles. The third-order valence-corrected chi connectivity index (χ3v) is 3.28. The lowest BCUT2D eigenvalue weighted by molar-refractivity contribution is 0.622. The Morgan fingerprint density at radius 1 is 1.18 bits per heavy atom. The summed E-state index contributed by atoms with van der Waals surface area (Å²) >= 11 is 0. The summed E-state index contributed by atoms with van der Waals surface area (Å²) < 4.78 is 0. The molecule has 0 atom stereocenters. The second kappa shape index (κ2) is 5.04. The Labute approximate surface area is 102 Å². The molecule has 0 fully saturated rings. The lowest BCUT2D eigenvalue weighted by Crippen LogP contribution is -1.98. The van der Waals surface area contributed by atoms with E-state index in [-0.39, 0.29) is 0 Å². The molecule has 0 aliphatic rings. The van der Waals surface area contributed by atoms with Gasteiger partial charge in [0.05, 0.1) is 0 Å². The lowest BCUT2D eigenvalue weighted by Gasteiger charge is -2.13. The Morgan fingerprint density at radius 2 is 1.82 bits per heavy atom. The van der Waals surface area contributed by atoms with Crippen LogP contribution in [0.15, 0.2) is 30.3 Å². The molecule has 90 valence electrons. The average molecular weight is 229 g/mol. The SMILES string of the molecule is CCC(CC)c1[nH]nc(N)c1-c1ccccc1. The van der Waals surface area contributed by atoms with Crippen LogP contribution >= 0.6 is 0 Å². The molecule has 3 nitrogen and oxygen atoms in total. The monoisotopic (exact) mass is 229 g/mol. The van der Waals surface area contributed by atoms with Crippen molar-refractivity contribution in [1.82, 2.24) is 10.2 Å². The van der Waals surface area contributed by atoms with Crippen LogP contribution in [0.25, 0.3) is 11.1 Å². The number of H-pyrrole nitrogens is 1. The molecule has 17 heavy (non-hydrogen) atoms. The number of anilines is 1. The van der Waals surface area contributed by atoms with Crippen molar-refractivity contribution in [3.05, 3.63) is 36.0 Å². The number of nitrogen functional groups attached to an aromatic ring is 1. The van der Waals surface area contributed by atoms with E-state index < -0.39 is 0 Å². The highest BCUT2D eigenvalue weighted by molar-refractivity contribution is 5.76. The highest BCUT2D eigenvalue weighted by Gasteiger charge is 2.18. The predicted molar refractivity (Wildman–Crippen MR) is 71.8 cm³/mol.